The number of amides is 1. The van der Waals surface area contributed by atoms with Crippen molar-refractivity contribution < 1.29 is 14.6 Å². The number of β-amino-alcohol motifs (C(OH)–C–C–N with tert-alkyl or cyclic N) is 1. The van der Waals surface area contributed by atoms with Crippen molar-refractivity contribution in [2.75, 3.05) is 26.2 Å². The lowest BCUT2D eigenvalue weighted by molar-refractivity contribution is 0.00575. The van der Waals surface area contributed by atoms with Crippen LogP contribution in [0.15, 0.2) is 24.3 Å². The molecule has 2 saturated heterocycles. The van der Waals surface area contributed by atoms with Crippen LogP contribution < -0.4 is 4.74 Å². The van der Waals surface area contributed by atoms with E-state index in [-0.39, 0.29) is 12.0 Å². The van der Waals surface area contributed by atoms with E-state index < -0.39 is 0 Å². The molecule has 130 valence electrons. The molecule has 0 spiro atoms. The van der Waals surface area contributed by atoms with Gasteiger partial charge in [0.05, 0.1) is 6.10 Å². The van der Waals surface area contributed by atoms with Gasteiger partial charge in [0.25, 0.3) is 5.91 Å². The SMILES string of the molecule is O=C(c1ccc(O[C@H]2C[C@H](N3CCCCC3)C2)cc1)N1CC(O)C1. The van der Waals surface area contributed by atoms with E-state index in [1.54, 1.807) is 4.90 Å². The molecule has 2 heterocycles. The molecule has 0 atom stereocenters. The molecule has 0 aromatic heterocycles. The molecule has 1 saturated carbocycles. The number of aliphatic hydroxyl groups excluding tert-OH is 1. The summed E-state index contributed by atoms with van der Waals surface area (Å²) in [6.07, 6.45) is 6.24. The number of benzene rings is 1. The van der Waals surface area contributed by atoms with E-state index >= 15 is 0 Å². The second-order valence-electron chi connectivity index (χ2n) is 7.35. The minimum Gasteiger partial charge on any atom is -0.490 e. The fourth-order valence-electron chi connectivity index (χ4n) is 3.89. The fraction of sp³-hybridized carbons (Fsp3) is 0.632. The molecule has 1 aliphatic carbocycles. The van der Waals surface area contributed by atoms with Crippen LogP contribution in [-0.4, -0.2) is 65.2 Å². The first-order chi connectivity index (χ1) is 11.7. The zero-order valence-corrected chi connectivity index (χ0v) is 14.1. The predicted octanol–water partition coefficient (Wildman–Crippen LogP) is 1.90. The number of ether oxygens (including phenoxy) is 1. The van der Waals surface area contributed by atoms with Crippen LogP contribution in [0.3, 0.4) is 0 Å². The van der Waals surface area contributed by atoms with Gasteiger partial charge in [-0.15, -0.1) is 0 Å². The van der Waals surface area contributed by atoms with Crippen LogP contribution in [0.25, 0.3) is 0 Å². The van der Waals surface area contributed by atoms with Crippen LogP contribution in [0.4, 0.5) is 0 Å². The molecule has 5 nitrogen and oxygen atoms in total. The number of rotatable bonds is 4. The average Bonchev–Trinajstić information content (AvgIpc) is 2.55. The first kappa shape index (κ1) is 15.9. The summed E-state index contributed by atoms with van der Waals surface area (Å²) in [4.78, 5) is 16.4. The van der Waals surface area contributed by atoms with E-state index in [0.29, 0.717) is 30.8 Å². The molecular weight excluding hydrogens is 304 g/mol. The van der Waals surface area contributed by atoms with Gasteiger partial charge in [0.1, 0.15) is 11.9 Å². The zero-order valence-electron chi connectivity index (χ0n) is 14.1. The number of nitrogens with zero attached hydrogens (tertiary/aromatic N) is 2. The second-order valence-corrected chi connectivity index (χ2v) is 7.35. The topological polar surface area (TPSA) is 53.0 Å². The third kappa shape index (κ3) is 3.28. The van der Waals surface area contributed by atoms with E-state index in [4.69, 9.17) is 4.74 Å². The summed E-state index contributed by atoms with van der Waals surface area (Å²) < 4.78 is 6.03. The third-order valence-electron chi connectivity index (χ3n) is 5.53. The Balaban J connectivity index is 1.25. The predicted molar refractivity (Wildman–Crippen MR) is 91.2 cm³/mol. The summed E-state index contributed by atoms with van der Waals surface area (Å²) >= 11 is 0. The number of hydrogen-bond acceptors (Lipinski definition) is 4. The molecule has 0 unspecified atom stereocenters. The Morgan fingerprint density at radius 2 is 1.71 bits per heavy atom. The second kappa shape index (κ2) is 6.73. The Hall–Kier alpha value is -1.59. The Morgan fingerprint density at radius 3 is 2.33 bits per heavy atom. The van der Waals surface area contributed by atoms with Crippen molar-refractivity contribution in [1.29, 1.82) is 0 Å². The van der Waals surface area contributed by atoms with Crippen molar-refractivity contribution in [3.63, 3.8) is 0 Å². The van der Waals surface area contributed by atoms with Gasteiger partial charge in [-0.3, -0.25) is 4.79 Å². The van der Waals surface area contributed by atoms with E-state index in [0.717, 1.165) is 18.6 Å². The van der Waals surface area contributed by atoms with E-state index in [9.17, 15) is 9.90 Å². The lowest BCUT2D eigenvalue weighted by Gasteiger charge is -2.44. The molecule has 4 rings (SSSR count). The standard InChI is InChI=1S/C19H26N2O3/c22-16-12-21(13-16)19(23)14-4-6-17(7-5-14)24-18-10-15(11-18)20-8-2-1-3-9-20/h4-7,15-16,18,22H,1-3,8-13H2/t15-,18-. The molecule has 1 amide bonds. The molecule has 3 fully saturated rings. The maximum atomic E-state index is 12.2. The first-order valence-electron chi connectivity index (χ1n) is 9.17. The highest BCUT2D eigenvalue weighted by atomic mass is 16.5. The molecule has 1 N–H and O–H groups in total. The summed E-state index contributed by atoms with van der Waals surface area (Å²) in [6, 6.07) is 8.12. The Morgan fingerprint density at radius 1 is 1.04 bits per heavy atom. The number of piperidine rings is 1. The van der Waals surface area contributed by atoms with Gasteiger partial charge in [-0.2, -0.15) is 0 Å². The summed E-state index contributed by atoms with van der Waals surface area (Å²) in [7, 11) is 0. The minimum absolute atomic E-state index is 0.0133. The monoisotopic (exact) mass is 330 g/mol. The van der Waals surface area contributed by atoms with Crippen LogP contribution in [0.5, 0.6) is 5.75 Å². The Bertz CT molecular complexity index is 571. The van der Waals surface area contributed by atoms with Crippen LogP contribution in [0.1, 0.15) is 42.5 Å². The van der Waals surface area contributed by atoms with Crippen molar-refractivity contribution >= 4 is 5.91 Å². The molecule has 0 bridgehead atoms. The highest BCUT2D eigenvalue weighted by molar-refractivity contribution is 5.94. The summed E-state index contributed by atoms with van der Waals surface area (Å²) in [5, 5.41) is 9.29. The normalized spacial score (nSPS) is 28.1. The van der Waals surface area contributed by atoms with Crippen molar-refractivity contribution in [3.05, 3.63) is 29.8 Å². The smallest absolute Gasteiger partial charge is 0.254 e. The number of carbonyl (C=O) groups excluding carboxylic acids is 1. The van der Waals surface area contributed by atoms with Crippen molar-refractivity contribution in [2.24, 2.45) is 0 Å². The lowest BCUT2D eigenvalue weighted by Crippen LogP contribution is -2.53. The summed E-state index contributed by atoms with van der Waals surface area (Å²) in [6.45, 7) is 3.38. The molecule has 24 heavy (non-hydrogen) atoms. The Kier molecular flexibility index (Phi) is 4.46. The highest BCUT2D eigenvalue weighted by Crippen LogP contribution is 2.31. The van der Waals surface area contributed by atoms with Gasteiger partial charge >= 0.3 is 0 Å². The van der Waals surface area contributed by atoms with Crippen LogP contribution in [0.2, 0.25) is 0 Å². The van der Waals surface area contributed by atoms with Crippen molar-refractivity contribution in [3.8, 4) is 5.75 Å². The molecule has 1 aromatic rings. The van der Waals surface area contributed by atoms with E-state index in [1.165, 1.54) is 32.4 Å². The first-order valence-corrected chi connectivity index (χ1v) is 9.17. The molecule has 1 aromatic carbocycles. The summed E-state index contributed by atoms with van der Waals surface area (Å²) in [5.74, 6) is 0.831. The Labute approximate surface area is 143 Å². The van der Waals surface area contributed by atoms with Gasteiger partial charge in [0, 0.05) is 37.5 Å². The van der Waals surface area contributed by atoms with E-state index in [2.05, 4.69) is 4.90 Å². The maximum absolute atomic E-state index is 12.2. The van der Waals surface area contributed by atoms with E-state index in [1.807, 2.05) is 24.3 Å². The zero-order chi connectivity index (χ0) is 16.5. The van der Waals surface area contributed by atoms with Gasteiger partial charge < -0.3 is 19.6 Å². The van der Waals surface area contributed by atoms with Crippen LogP contribution in [0, 0.1) is 0 Å². The molecule has 5 heteroatoms. The van der Waals surface area contributed by atoms with Gasteiger partial charge in [-0.1, -0.05) is 6.42 Å². The van der Waals surface area contributed by atoms with Crippen LogP contribution >= 0.6 is 0 Å². The van der Waals surface area contributed by atoms with Crippen molar-refractivity contribution in [1.82, 2.24) is 9.80 Å². The minimum atomic E-state index is -0.358. The van der Waals surface area contributed by atoms with Gasteiger partial charge in [-0.25, -0.2) is 0 Å². The third-order valence-corrected chi connectivity index (χ3v) is 5.53. The molecule has 2 aliphatic heterocycles. The number of carbonyl (C=O) groups is 1. The van der Waals surface area contributed by atoms with Gasteiger partial charge in [0.15, 0.2) is 0 Å². The highest BCUT2D eigenvalue weighted by Gasteiger charge is 2.35. The number of likely N-dealkylation sites (tertiary alicyclic amines) is 2. The number of hydrogen-bond donors (Lipinski definition) is 1. The molecule has 3 aliphatic rings. The molecule has 0 radical (unpaired) electrons. The van der Waals surface area contributed by atoms with Crippen LogP contribution in [-0.2, 0) is 0 Å². The molecular formula is C19H26N2O3. The van der Waals surface area contributed by atoms with Crippen molar-refractivity contribution in [2.45, 2.75) is 50.4 Å². The largest absolute Gasteiger partial charge is 0.490 e. The average molecular weight is 330 g/mol. The summed E-state index contributed by atoms with van der Waals surface area (Å²) in [5.41, 5.74) is 0.661. The quantitative estimate of drug-likeness (QED) is 0.916. The fourth-order valence-corrected chi connectivity index (χ4v) is 3.89. The van der Waals surface area contributed by atoms with Gasteiger partial charge in [-0.05, 0) is 50.2 Å². The lowest BCUT2D eigenvalue weighted by atomic mass is 9.86. The number of aliphatic hydroxyl groups is 1. The maximum Gasteiger partial charge on any atom is 0.254 e. The van der Waals surface area contributed by atoms with Gasteiger partial charge in [0.2, 0.25) is 0 Å².